The Kier molecular flexibility index (Phi) is 5.06. The minimum Gasteiger partial charge on any atom is -0.369 e. The van der Waals surface area contributed by atoms with E-state index in [-0.39, 0.29) is 29.7 Å². The molecule has 0 spiro atoms. The summed E-state index contributed by atoms with van der Waals surface area (Å²) in [6, 6.07) is 7.73. The third-order valence-corrected chi connectivity index (χ3v) is 5.28. The zero-order chi connectivity index (χ0) is 18.0. The van der Waals surface area contributed by atoms with E-state index in [1.807, 2.05) is 31.2 Å². The monoisotopic (exact) mass is 343 g/mol. The molecular formula is C19H25N3O3. The predicted octanol–water partition coefficient (Wildman–Crippen LogP) is 1.47. The van der Waals surface area contributed by atoms with Crippen LogP contribution in [-0.4, -0.2) is 41.8 Å². The third-order valence-electron chi connectivity index (χ3n) is 5.28. The minimum atomic E-state index is -0.329. The van der Waals surface area contributed by atoms with Gasteiger partial charge < -0.3 is 15.5 Å². The summed E-state index contributed by atoms with van der Waals surface area (Å²) in [7, 11) is 0. The van der Waals surface area contributed by atoms with Crippen LogP contribution in [0.5, 0.6) is 0 Å². The zero-order valence-electron chi connectivity index (χ0n) is 14.6. The lowest BCUT2D eigenvalue weighted by molar-refractivity contribution is -0.137. The van der Waals surface area contributed by atoms with Gasteiger partial charge in [0.1, 0.15) is 0 Å². The lowest BCUT2D eigenvalue weighted by atomic mass is 9.92. The highest BCUT2D eigenvalue weighted by molar-refractivity contribution is 5.95. The molecule has 1 aromatic carbocycles. The van der Waals surface area contributed by atoms with Gasteiger partial charge in [0.2, 0.25) is 17.7 Å². The fourth-order valence-electron chi connectivity index (χ4n) is 3.68. The van der Waals surface area contributed by atoms with Gasteiger partial charge in [-0.3, -0.25) is 14.4 Å². The molecular weight excluding hydrogens is 318 g/mol. The van der Waals surface area contributed by atoms with Gasteiger partial charge in [-0.25, -0.2) is 0 Å². The second-order valence-corrected chi connectivity index (χ2v) is 7.06. The number of likely N-dealkylation sites (tertiary alicyclic amines) is 1. The first-order chi connectivity index (χ1) is 12.0. The van der Waals surface area contributed by atoms with Gasteiger partial charge in [0.15, 0.2) is 0 Å². The normalized spacial score (nSPS) is 23.8. The number of piperidine rings is 1. The van der Waals surface area contributed by atoms with Crippen LogP contribution in [0.1, 0.15) is 38.2 Å². The first-order valence-corrected chi connectivity index (χ1v) is 8.94. The average Bonchev–Trinajstić information content (AvgIpc) is 3.01. The number of nitrogens with zero attached hydrogens (tertiary/aromatic N) is 2. The number of amides is 3. The van der Waals surface area contributed by atoms with E-state index >= 15 is 0 Å². The molecule has 134 valence electrons. The first kappa shape index (κ1) is 17.5. The van der Waals surface area contributed by atoms with E-state index in [2.05, 4.69) is 0 Å². The molecule has 3 amide bonds. The van der Waals surface area contributed by atoms with Crippen LogP contribution in [0.4, 0.5) is 5.69 Å². The third kappa shape index (κ3) is 3.83. The molecule has 0 aliphatic carbocycles. The van der Waals surface area contributed by atoms with Crippen molar-refractivity contribution in [3.05, 3.63) is 29.8 Å². The summed E-state index contributed by atoms with van der Waals surface area (Å²) in [6.45, 7) is 3.18. The SMILES string of the molecule is C[C@H]1CC[C@@H](C(N)=O)CN1C(=O)Cc1ccc(N2CCCC2=O)cc1. The molecule has 3 rings (SSSR count). The summed E-state index contributed by atoms with van der Waals surface area (Å²) >= 11 is 0. The van der Waals surface area contributed by atoms with Crippen molar-refractivity contribution in [3.63, 3.8) is 0 Å². The molecule has 2 saturated heterocycles. The van der Waals surface area contributed by atoms with Gasteiger partial charge >= 0.3 is 0 Å². The maximum Gasteiger partial charge on any atom is 0.227 e. The lowest BCUT2D eigenvalue weighted by Crippen LogP contribution is -2.49. The van der Waals surface area contributed by atoms with Gasteiger partial charge in [-0.2, -0.15) is 0 Å². The van der Waals surface area contributed by atoms with Gasteiger partial charge in [0.25, 0.3) is 0 Å². The summed E-state index contributed by atoms with van der Waals surface area (Å²) in [5, 5.41) is 0. The van der Waals surface area contributed by atoms with Crippen molar-refractivity contribution in [2.24, 2.45) is 11.7 Å². The molecule has 2 aliphatic heterocycles. The van der Waals surface area contributed by atoms with Crippen LogP contribution in [0.25, 0.3) is 0 Å². The second-order valence-electron chi connectivity index (χ2n) is 7.06. The van der Waals surface area contributed by atoms with Crippen molar-refractivity contribution in [3.8, 4) is 0 Å². The highest BCUT2D eigenvalue weighted by atomic mass is 16.2. The Labute approximate surface area is 148 Å². The number of carbonyl (C=O) groups excluding carboxylic acids is 3. The van der Waals surface area contributed by atoms with E-state index in [1.165, 1.54) is 0 Å². The van der Waals surface area contributed by atoms with Crippen LogP contribution in [0.15, 0.2) is 24.3 Å². The van der Waals surface area contributed by atoms with E-state index < -0.39 is 0 Å². The Morgan fingerprint density at radius 3 is 2.52 bits per heavy atom. The number of carbonyl (C=O) groups is 3. The summed E-state index contributed by atoms with van der Waals surface area (Å²) in [5.74, 6) is -0.403. The molecule has 2 atom stereocenters. The fraction of sp³-hybridized carbons (Fsp3) is 0.526. The predicted molar refractivity (Wildman–Crippen MR) is 94.8 cm³/mol. The Balaban J connectivity index is 1.64. The second kappa shape index (κ2) is 7.25. The molecule has 25 heavy (non-hydrogen) atoms. The quantitative estimate of drug-likeness (QED) is 0.898. The van der Waals surface area contributed by atoms with Crippen LogP contribution >= 0.6 is 0 Å². The van der Waals surface area contributed by atoms with Gasteiger partial charge in [0, 0.05) is 31.2 Å². The first-order valence-electron chi connectivity index (χ1n) is 8.94. The van der Waals surface area contributed by atoms with Gasteiger partial charge in [-0.15, -0.1) is 0 Å². The molecule has 2 aliphatic rings. The van der Waals surface area contributed by atoms with Crippen molar-refractivity contribution in [1.29, 1.82) is 0 Å². The molecule has 2 heterocycles. The Bertz CT molecular complexity index is 671. The molecule has 0 radical (unpaired) electrons. The van der Waals surface area contributed by atoms with Crippen LogP contribution in [0.2, 0.25) is 0 Å². The van der Waals surface area contributed by atoms with E-state index in [1.54, 1.807) is 9.80 Å². The molecule has 0 saturated carbocycles. The molecule has 2 N–H and O–H groups in total. The average molecular weight is 343 g/mol. The van der Waals surface area contributed by atoms with Crippen molar-refractivity contribution in [2.75, 3.05) is 18.0 Å². The Morgan fingerprint density at radius 1 is 1.20 bits per heavy atom. The van der Waals surface area contributed by atoms with Gasteiger partial charge in [-0.05, 0) is 43.9 Å². The molecule has 6 heteroatoms. The molecule has 2 fully saturated rings. The van der Waals surface area contributed by atoms with Crippen LogP contribution in [0, 0.1) is 5.92 Å². The van der Waals surface area contributed by atoms with Crippen molar-refractivity contribution >= 4 is 23.4 Å². The summed E-state index contributed by atoms with van der Waals surface area (Å²) in [6.07, 6.45) is 3.35. The van der Waals surface area contributed by atoms with E-state index in [9.17, 15) is 14.4 Å². The number of hydrogen-bond donors (Lipinski definition) is 1. The van der Waals surface area contributed by atoms with Gasteiger partial charge in [-0.1, -0.05) is 12.1 Å². The Morgan fingerprint density at radius 2 is 1.92 bits per heavy atom. The Hall–Kier alpha value is -2.37. The number of hydrogen-bond acceptors (Lipinski definition) is 3. The number of primary amides is 1. The number of nitrogens with two attached hydrogens (primary N) is 1. The smallest absolute Gasteiger partial charge is 0.227 e. The van der Waals surface area contributed by atoms with Crippen LogP contribution in [-0.2, 0) is 20.8 Å². The minimum absolute atomic E-state index is 0.0171. The van der Waals surface area contributed by atoms with E-state index in [0.717, 1.165) is 37.1 Å². The highest BCUT2D eigenvalue weighted by Crippen LogP contribution is 2.24. The number of rotatable bonds is 4. The van der Waals surface area contributed by atoms with E-state index in [4.69, 9.17) is 5.73 Å². The maximum absolute atomic E-state index is 12.6. The molecule has 1 aromatic rings. The summed E-state index contributed by atoms with van der Waals surface area (Å²) < 4.78 is 0. The number of benzene rings is 1. The lowest BCUT2D eigenvalue weighted by Gasteiger charge is -2.37. The van der Waals surface area contributed by atoms with Crippen molar-refractivity contribution < 1.29 is 14.4 Å². The van der Waals surface area contributed by atoms with Gasteiger partial charge in [0.05, 0.1) is 12.3 Å². The molecule has 0 unspecified atom stereocenters. The van der Waals surface area contributed by atoms with Crippen molar-refractivity contribution in [2.45, 2.75) is 45.1 Å². The maximum atomic E-state index is 12.6. The molecule has 6 nitrogen and oxygen atoms in total. The standard InChI is InChI=1S/C19H25N3O3/c1-13-4-7-15(19(20)25)12-22(13)18(24)11-14-5-8-16(9-6-14)21-10-2-3-17(21)23/h5-6,8-9,13,15H,2-4,7,10-12H2,1H3,(H2,20,25)/t13-,15+/m0/s1. The fourth-order valence-corrected chi connectivity index (χ4v) is 3.68. The highest BCUT2D eigenvalue weighted by Gasteiger charge is 2.31. The molecule has 0 bridgehead atoms. The van der Waals surface area contributed by atoms with Crippen molar-refractivity contribution in [1.82, 2.24) is 4.90 Å². The summed E-state index contributed by atoms with van der Waals surface area (Å²) in [5.41, 5.74) is 7.20. The van der Waals surface area contributed by atoms with E-state index in [0.29, 0.717) is 19.4 Å². The number of anilines is 1. The largest absolute Gasteiger partial charge is 0.369 e. The van der Waals surface area contributed by atoms with Crippen LogP contribution in [0.3, 0.4) is 0 Å². The topological polar surface area (TPSA) is 83.7 Å². The zero-order valence-corrected chi connectivity index (χ0v) is 14.6. The summed E-state index contributed by atoms with van der Waals surface area (Å²) in [4.78, 5) is 39.4. The van der Waals surface area contributed by atoms with Crippen LogP contribution < -0.4 is 10.6 Å². The molecule has 0 aromatic heterocycles.